The van der Waals surface area contributed by atoms with Gasteiger partial charge in [-0.1, -0.05) is 17.7 Å². The van der Waals surface area contributed by atoms with Gasteiger partial charge in [0.1, 0.15) is 11.4 Å². The molecule has 28 heavy (non-hydrogen) atoms. The van der Waals surface area contributed by atoms with Gasteiger partial charge in [-0.25, -0.2) is 4.98 Å². The Balaban J connectivity index is 1.65. The second-order valence-electron chi connectivity index (χ2n) is 6.38. The molecule has 0 fully saturated rings. The zero-order valence-electron chi connectivity index (χ0n) is 15.4. The molecule has 2 heterocycles. The smallest absolute Gasteiger partial charge is 0.255 e. The molecule has 0 atom stereocenters. The highest BCUT2D eigenvalue weighted by Crippen LogP contribution is 2.27. The van der Waals surface area contributed by atoms with E-state index in [9.17, 15) is 4.79 Å². The second-order valence-corrected chi connectivity index (χ2v) is 6.82. The molecule has 6 heteroatoms. The van der Waals surface area contributed by atoms with Gasteiger partial charge in [0.2, 0.25) is 0 Å². The fourth-order valence-electron chi connectivity index (χ4n) is 3.09. The van der Waals surface area contributed by atoms with E-state index in [0.717, 1.165) is 28.3 Å². The summed E-state index contributed by atoms with van der Waals surface area (Å²) in [6.07, 6.45) is 1.87. The number of carbonyl (C=O) groups excluding carboxylic acids is 1. The molecule has 0 aliphatic rings. The largest absolute Gasteiger partial charge is 0.497 e. The first-order valence-corrected chi connectivity index (χ1v) is 9.13. The summed E-state index contributed by atoms with van der Waals surface area (Å²) in [4.78, 5) is 17.2. The Morgan fingerprint density at radius 2 is 1.89 bits per heavy atom. The molecule has 140 valence electrons. The van der Waals surface area contributed by atoms with Crippen LogP contribution in [-0.4, -0.2) is 22.4 Å². The lowest BCUT2D eigenvalue weighted by atomic mass is 10.1. The zero-order valence-corrected chi connectivity index (χ0v) is 16.2. The van der Waals surface area contributed by atoms with Crippen LogP contribution in [0.2, 0.25) is 5.02 Å². The van der Waals surface area contributed by atoms with Crippen molar-refractivity contribution >= 4 is 28.8 Å². The predicted octanol–water partition coefficient (Wildman–Crippen LogP) is 5.22. The summed E-state index contributed by atoms with van der Waals surface area (Å²) in [7, 11) is 1.64. The number of anilines is 1. The van der Waals surface area contributed by atoms with E-state index in [0.29, 0.717) is 16.3 Å². The van der Waals surface area contributed by atoms with Crippen LogP contribution in [0, 0.1) is 6.92 Å². The van der Waals surface area contributed by atoms with Crippen molar-refractivity contribution in [2.75, 3.05) is 12.4 Å². The minimum absolute atomic E-state index is 0.213. The lowest BCUT2D eigenvalue weighted by Gasteiger charge is -2.07. The lowest BCUT2D eigenvalue weighted by molar-refractivity contribution is 0.102. The number of rotatable bonds is 4. The third kappa shape index (κ3) is 3.44. The van der Waals surface area contributed by atoms with Gasteiger partial charge in [-0.2, -0.15) is 0 Å². The van der Waals surface area contributed by atoms with E-state index in [1.54, 1.807) is 31.4 Å². The van der Waals surface area contributed by atoms with E-state index in [-0.39, 0.29) is 5.91 Å². The SMILES string of the molecule is COc1ccc(-c2nc3ccc(NC(=O)c4cccc(Cl)c4)cn3c2C)cc1. The summed E-state index contributed by atoms with van der Waals surface area (Å²) in [5.41, 5.74) is 4.88. The topological polar surface area (TPSA) is 55.6 Å². The molecule has 0 saturated carbocycles. The number of pyridine rings is 1. The summed E-state index contributed by atoms with van der Waals surface area (Å²) in [6, 6.07) is 18.4. The number of carbonyl (C=O) groups is 1. The van der Waals surface area contributed by atoms with Crippen LogP contribution in [0.4, 0.5) is 5.69 Å². The van der Waals surface area contributed by atoms with Crippen LogP contribution in [0.15, 0.2) is 66.9 Å². The zero-order chi connectivity index (χ0) is 19.7. The number of nitrogens with one attached hydrogen (secondary N) is 1. The van der Waals surface area contributed by atoms with Crippen molar-refractivity contribution < 1.29 is 9.53 Å². The lowest BCUT2D eigenvalue weighted by Crippen LogP contribution is -2.12. The molecule has 0 aliphatic carbocycles. The quantitative estimate of drug-likeness (QED) is 0.518. The highest BCUT2D eigenvalue weighted by molar-refractivity contribution is 6.31. The molecule has 2 aromatic heterocycles. The number of ether oxygens (including phenoxy) is 1. The van der Waals surface area contributed by atoms with Gasteiger partial charge >= 0.3 is 0 Å². The molecule has 0 bridgehead atoms. The van der Waals surface area contributed by atoms with Gasteiger partial charge in [-0.15, -0.1) is 0 Å². The number of aryl methyl sites for hydroxylation is 1. The average molecular weight is 392 g/mol. The molecule has 1 amide bonds. The summed E-state index contributed by atoms with van der Waals surface area (Å²) in [5.74, 6) is 0.589. The van der Waals surface area contributed by atoms with Gasteiger partial charge < -0.3 is 14.5 Å². The number of hydrogen-bond acceptors (Lipinski definition) is 3. The first kappa shape index (κ1) is 18.1. The number of amides is 1. The van der Waals surface area contributed by atoms with Crippen LogP contribution in [0.1, 0.15) is 16.1 Å². The Morgan fingerprint density at radius 1 is 1.11 bits per heavy atom. The van der Waals surface area contributed by atoms with Crippen LogP contribution < -0.4 is 10.1 Å². The summed E-state index contributed by atoms with van der Waals surface area (Å²) < 4.78 is 7.18. The fraction of sp³-hybridized carbons (Fsp3) is 0.0909. The fourth-order valence-corrected chi connectivity index (χ4v) is 3.28. The molecular formula is C22H18ClN3O2. The summed E-state index contributed by atoms with van der Waals surface area (Å²) in [6.45, 7) is 2.00. The number of halogens is 1. The molecule has 0 radical (unpaired) electrons. The number of imidazole rings is 1. The van der Waals surface area contributed by atoms with Gasteiger partial charge in [0.25, 0.3) is 5.91 Å². The maximum Gasteiger partial charge on any atom is 0.255 e. The Labute approximate surface area is 167 Å². The minimum Gasteiger partial charge on any atom is -0.497 e. The molecule has 1 N–H and O–H groups in total. The monoisotopic (exact) mass is 391 g/mol. The molecule has 0 spiro atoms. The molecule has 5 nitrogen and oxygen atoms in total. The summed E-state index contributed by atoms with van der Waals surface area (Å²) >= 11 is 5.97. The Bertz CT molecular complexity index is 1170. The average Bonchev–Trinajstić information content (AvgIpc) is 3.04. The van der Waals surface area contributed by atoms with E-state index in [2.05, 4.69) is 5.32 Å². The van der Waals surface area contributed by atoms with E-state index in [1.807, 2.05) is 53.9 Å². The van der Waals surface area contributed by atoms with E-state index in [1.165, 1.54) is 0 Å². The first-order valence-electron chi connectivity index (χ1n) is 8.75. The molecule has 0 saturated heterocycles. The van der Waals surface area contributed by atoms with Crippen LogP contribution >= 0.6 is 11.6 Å². The van der Waals surface area contributed by atoms with Gasteiger partial charge in [0.05, 0.1) is 18.5 Å². The van der Waals surface area contributed by atoms with E-state index < -0.39 is 0 Å². The third-order valence-electron chi connectivity index (χ3n) is 4.57. The Kier molecular flexibility index (Phi) is 4.75. The van der Waals surface area contributed by atoms with Crippen molar-refractivity contribution in [3.63, 3.8) is 0 Å². The Hall–Kier alpha value is -3.31. The maximum absolute atomic E-state index is 12.5. The van der Waals surface area contributed by atoms with Gasteiger partial charge in [-0.05, 0) is 61.5 Å². The highest BCUT2D eigenvalue weighted by atomic mass is 35.5. The predicted molar refractivity (Wildman–Crippen MR) is 111 cm³/mol. The van der Waals surface area contributed by atoms with Crippen molar-refractivity contribution in [3.05, 3.63) is 83.1 Å². The number of hydrogen-bond donors (Lipinski definition) is 1. The van der Waals surface area contributed by atoms with Gasteiger partial charge in [0.15, 0.2) is 0 Å². The molecule has 4 aromatic rings. The van der Waals surface area contributed by atoms with Crippen molar-refractivity contribution in [2.45, 2.75) is 6.92 Å². The van der Waals surface area contributed by atoms with Crippen molar-refractivity contribution in [1.29, 1.82) is 0 Å². The highest BCUT2D eigenvalue weighted by Gasteiger charge is 2.12. The van der Waals surface area contributed by atoms with Gasteiger partial charge in [-0.3, -0.25) is 4.79 Å². The standard InChI is InChI=1S/C22H18ClN3O2/c1-14-21(15-6-9-19(28-2)10-7-15)25-20-11-8-18(13-26(14)20)24-22(27)16-4-3-5-17(23)12-16/h3-13H,1-2H3,(H,24,27). The Morgan fingerprint density at radius 3 is 2.61 bits per heavy atom. The number of methoxy groups -OCH3 is 1. The third-order valence-corrected chi connectivity index (χ3v) is 4.80. The summed E-state index contributed by atoms with van der Waals surface area (Å²) in [5, 5.41) is 3.43. The number of nitrogens with zero attached hydrogens (tertiary/aromatic N) is 2. The molecule has 4 rings (SSSR count). The van der Waals surface area contributed by atoms with Crippen LogP contribution in [0.3, 0.4) is 0 Å². The molecular weight excluding hydrogens is 374 g/mol. The van der Waals surface area contributed by atoms with Gasteiger partial charge in [0, 0.05) is 28.0 Å². The van der Waals surface area contributed by atoms with E-state index >= 15 is 0 Å². The molecule has 2 aromatic carbocycles. The van der Waals surface area contributed by atoms with E-state index in [4.69, 9.17) is 21.3 Å². The molecule has 0 aliphatic heterocycles. The minimum atomic E-state index is -0.213. The second kappa shape index (κ2) is 7.37. The van der Waals surface area contributed by atoms with Crippen LogP contribution in [0.5, 0.6) is 5.75 Å². The first-order chi connectivity index (χ1) is 13.5. The van der Waals surface area contributed by atoms with Crippen LogP contribution in [-0.2, 0) is 0 Å². The number of fused-ring (bicyclic) bond motifs is 1. The van der Waals surface area contributed by atoms with Crippen molar-refractivity contribution in [1.82, 2.24) is 9.38 Å². The van der Waals surface area contributed by atoms with Crippen molar-refractivity contribution in [3.8, 4) is 17.0 Å². The normalized spacial score (nSPS) is 10.8. The number of aromatic nitrogens is 2. The number of benzene rings is 2. The maximum atomic E-state index is 12.5. The molecule has 0 unspecified atom stereocenters. The van der Waals surface area contributed by atoms with Crippen LogP contribution in [0.25, 0.3) is 16.9 Å². The van der Waals surface area contributed by atoms with Crippen molar-refractivity contribution in [2.24, 2.45) is 0 Å².